The third kappa shape index (κ3) is 3.99. The zero-order chi connectivity index (χ0) is 15.2. The number of carbonyl (C=O) groups excluding carboxylic acids is 1. The normalized spacial score (nSPS) is 20.8. The molecule has 0 radical (unpaired) electrons. The third-order valence-corrected chi connectivity index (χ3v) is 5.13. The maximum atomic E-state index is 12.2. The van der Waals surface area contributed by atoms with Crippen LogP contribution in [0.25, 0.3) is 0 Å². The van der Waals surface area contributed by atoms with Crippen LogP contribution in [0.3, 0.4) is 0 Å². The third-order valence-electron chi connectivity index (χ3n) is 5.13. The maximum absolute atomic E-state index is 12.2. The summed E-state index contributed by atoms with van der Waals surface area (Å²) < 4.78 is 0. The van der Waals surface area contributed by atoms with Crippen molar-refractivity contribution >= 4 is 11.7 Å². The van der Waals surface area contributed by atoms with Gasteiger partial charge in [0, 0.05) is 31.7 Å². The fraction of sp³-hybridized carbons (Fsp3) is 0.667. The van der Waals surface area contributed by atoms with Crippen LogP contribution in [0.5, 0.6) is 0 Å². The van der Waals surface area contributed by atoms with E-state index in [1.807, 2.05) is 18.3 Å². The van der Waals surface area contributed by atoms with Crippen LogP contribution in [-0.4, -0.2) is 30.5 Å². The number of aromatic nitrogens is 1. The quantitative estimate of drug-likeness (QED) is 0.930. The lowest BCUT2D eigenvalue weighted by atomic mass is 9.88. The molecule has 120 valence electrons. The molecular formula is C18H27N3O. The zero-order valence-electron chi connectivity index (χ0n) is 13.3. The second-order valence-corrected chi connectivity index (χ2v) is 6.70. The second-order valence-electron chi connectivity index (χ2n) is 6.70. The van der Waals surface area contributed by atoms with Gasteiger partial charge >= 0.3 is 0 Å². The summed E-state index contributed by atoms with van der Waals surface area (Å²) in [5.74, 6) is 2.27. The van der Waals surface area contributed by atoms with E-state index in [0.29, 0.717) is 11.8 Å². The highest BCUT2D eigenvalue weighted by Crippen LogP contribution is 2.24. The Kier molecular flexibility index (Phi) is 5.30. The van der Waals surface area contributed by atoms with Crippen LogP contribution in [-0.2, 0) is 4.79 Å². The maximum Gasteiger partial charge on any atom is 0.223 e. The van der Waals surface area contributed by atoms with Gasteiger partial charge in [0.15, 0.2) is 0 Å². The van der Waals surface area contributed by atoms with Crippen LogP contribution in [0.2, 0.25) is 0 Å². The number of hydrogen-bond acceptors (Lipinski definition) is 3. The lowest BCUT2D eigenvalue weighted by Gasteiger charge is -2.33. The van der Waals surface area contributed by atoms with E-state index in [1.165, 1.54) is 19.3 Å². The Balaban J connectivity index is 1.39. The van der Waals surface area contributed by atoms with Crippen molar-refractivity contribution in [1.82, 2.24) is 10.3 Å². The molecule has 4 heteroatoms. The summed E-state index contributed by atoms with van der Waals surface area (Å²) in [5, 5.41) is 3.20. The second kappa shape index (κ2) is 7.61. The van der Waals surface area contributed by atoms with Crippen molar-refractivity contribution in [3.05, 3.63) is 24.4 Å². The van der Waals surface area contributed by atoms with Crippen LogP contribution < -0.4 is 10.2 Å². The first-order chi connectivity index (χ1) is 10.8. The van der Waals surface area contributed by atoms with Crippen molar-refractivity contribution in [1.29, 1.82) is 0 Å². The Morgan fingerprint density at radius 2 is 1.91 bits per heavy atom. The van der Waals surface area contributed by atoms with Crippen molar-refractivity contribution in [2.24, 2.45) is 11.8 Å². The monoisotopic (exact) mass is 301 g/mol. The summed E-state index contributed by atoms with van der Waals surface area (Å²) in [6.07, 6.45) is 10.1. The van der Waals surface area contributed by atoms with E-state index in [0.717, 1.165) is 51.1 Å². The molecule has 1 aromatic rings. The molecule has 1 saturated heterocycles. The number of amides is 1. The Morgan fingerprint density at radius 3 is 2.59 bits per heavy atom. The van der Waals surface area contributed by atoms with Crippen LogP contribution in [0.4, 0.5) is 5.82 Å². The molecule has 2 fully saturated rings. The fourth-order valence-electron chi connectivity index (χ4n) is 3.66. The Morgan fingerprint density at radius 1 is 1.14 bits per heavy atom. The SMILES string of the molecule is O=C(NCC1CCN(c2ccccn2)CC1)C1CCCCC1. The Labute approximate surface area is 133 Å². The van der Waals surface area contributed by atoms with E-state index < -0.39 is 0 Å². The number of anilines is 1. The molecule has 1 N–H and O–H groups in total. The van der Waals surface area contributed by atoms with Crippen molar-refractivity contribution in [3.8, 4) is 0 Å². The van der Waals surface area contributed by atoms with Crippen LogP contribution in [0, 0.1) is 11.8 Å². The van der Waals surface area contributed by atoms with Gasteiger partial charge in [0.05, 0.1) is 0 Å². The smallest absolute Gasteiger partial charge is 0.223 e. The lowest BCUT2D eigenvalue weighted by Crippen LogP contribution is -2.40. The standard InChI is InChI=1S/C18H27N3O/c22-18(16-6-2-1-3-7-16)20-14-15-9-12-21(13-10-15)17-8-4-5-11-19-17/h4-5,8,11,15-16H,1-3,6-7,9-10,12-14H2,(H,20,22). The van der Waals surface area contributed by atoms with E-state index in [2.05, 4.69) is 21.3 Å². The first kappa shape index (κ1) is 15.3. The predicted molar refractivity (Wildman–Crippen MR) is 88.8 cm³/mol. The van der Waals surface area contributed by atoms with Crippen LogP contribution in [0.15, 0.2) is 24.4 Å². The number of nitrogens with one attached hydrogen (secondary N) is 1. The number of pyridine rings is 1. The van der Waals surface area contributed by atoms with Crippen molar-refractivity contribution in [3.63, 3.8) is 0 Å². The summed E-state index contributed by atoms with van der Waals surface area (Å²) in [7, 11) is 0. The lowest BCUT2D eigenvalue weighted by molar-refractivity contribution is -0.126. The van der Waals surface area contributed by atoms with Crippen LogP contribution in [0.1, 0.15) is 44.9 Å². The van der Waals surface area contributed by atoms with Crippen molar-refractivity contribution in [2.75, 3.05) is 24.5 Å². The Bertz CT molecular complexity index is 462. The molecular weight excluding hydrogens is 274 g/mol. The fourth-order valence-corrected chi connectivity index (χ4v) is 3.66. The van der Waals surface area contributed by atoms with Gasteiger partial charge in [-0.15, -0.1) is 0 Å². The summed E-state index contributed by atoms with van der Waals surface area (Å²) >= 11 is 0. The molecule has 2 heterocycles. The average Bonchev–Trinajstić information content (AvgIpc) is 2.61. The molecule has 1 aliphatic heterocycles. The predicted octanol–water partition coefficient (Wildman–Crippen LogP) is 2.99. The molecule has 1 aliphatic carbocycles. The van der Waals surface area contributed by atoms with Gasteiger partial charge in [0.1, 0.15) is 5.82 Å². The zero-order valence-corrected chi connectivity index (χ0v) is 13.3. The highest BCUT2D eigenvalue weighted by Gasteiger charge is 2.24. The minimum absolute atomic E-state index is 0.280. The first-order valence-corrected chi connectivity index (χ1v) is 8.76. The summed E-state index contributed by atoms with van der Waals surface area (Å²) in [6, 6.07) is 6.07. The van der Waals surface area contributed by atoms with Gasteiger partial charge < -0.3 is 10.2 Å². The molecule has 1 saturated carbocycles. The molecule has 0 aromatic carbocycles. The number of nitrogens with zero attached hydrogens (tertiary/aromatic N) is 2. The summed E-state index contributed by atoms with van der Waals surface area (Å²) in [5.41, 5.74) is 0. The van der Waals surface area contributed by atoms with E-state index in [-0.39, 0.29) is 5.92 Å². The molecule has 4 nitrogen and oxygen atoms in total. The highest BCUT2D eigenvalue weighted by molar-refractivity contribution is 5.78. The minimum Gasteiger partial charge on any atom is -0.357 e. The molecule has 0 spiro atoms. The van der Waals surface area contributed by atoms with Gasteiger partial charge in [-0.2, -0.15) is 0 Å². The van der Waals surface area contributed by atoms with Crippen molar-refractivity contribution < 1.29 is 4.79 Å². The van der Waals surface area contributed by atoms with Crippen LogP contribution >= 0.6 is 0 Å². The minimum atomic E-state index is 0.280. The molecule has 1 amide bonds. The van der Waals surface area contributed by atoms with E-state index in [4.69, 9.17) is 0 Å². The largest absolute Gasteiger partial charge is 0.357 e. The summed E-state index contributed by atoms with van der Waals surface area (Å²) in [6.45, 7) is 2.94. The van der Waals surface area contributed by atoms with Gasteiger partial charge in [-0.25, -0.2) is 4.98 Å². The summed E-state index contributed by atoms with van der Waals surface area (Å²) in [4.78, 5) is 19.0. The highest BCUT2D eigenvalue weighted by atomic mass is 16.1. The van der Waals surface area contributed by atoms with Gasteiger partial charge in [0.25, 0.3) is 0 Å². The van der Waals surface area contributed by atoms with E-state index >= 15 is 0 Å². The average molecular weight is 301 g/mol. The van der Waals surface area contributed by atoms with Gasteiger partial charge in [-0.3, -0.25) is 4.79 Å². The molecule has 0 atom stereocenters. The van der Waals surface area contributed by atoms with Gasteiger partial charge in [0.2, 0.25) is 5.91 Å². The van der Waals surface area contributed by atoms with E-state index in [9.17, 15) is 4.79 Å². The first-order valence-electron chi connectivity index (χ1n) is 8.76. The molecule has 3 rings (SSSR count). The molecule has 22 heavy (non-hydrogen) atoms. The molecule has 1 aromatic heterocycles. The number of hydrogen-bond donors (Lipinski definition) is 1. The topological polar surface area (TPSA) is 45.2 Å². The van der Waals surface area contributed by atoms with Crippen molar-refractivity contribution in [2.45, 2.75) is 44.9 Å². The number of rotatable bonds is 4. The van der Waals surface area contributed by atoms with Gasteiger partial charge in [-0.1, -0.05) is 25.3 Å². The number of carbonyl (C=O) groups is 1. The molecule has 2 aliphatic rings. The molecule has 0 unspecified atom stereocenters. The Hall–Kier alpha value is -1.58. The van der Waals surface area contributed by atoms with Gasteiger partial charge in [-0.05, 0) is 43.7 Å². The molecule has 0 bridgehead atoms. The number of piperidine rings is 1. The van der Waals surface area contributed by atoms with E-state index in [1.54, 1.807) is 0 Å².